The number of alkyl halides is 3. The van der Waals surface area contributed by atoms with E-state index in [0.29, 0.717) is 26.2 Å². The van der Waals surface area contributed by atoms with Gasteiger partial charge in [-0.25, -0.2) is 9.97 Å². The van der Waals surface area contributed by atoms with E-state index in [-0.39, 0.29) is 11.3 Å². The number of piperazine rings is 2. The van der Waals surface area contributed by atoms with Crippen LogP contribution in [-0.4, -0.2) is 74.3 Å². The quantitative estimate of drug-likeness (QED) is 0.740. The molecule has 0 aliphatic carbocycles. The fourth-order valence-corrected chi connectivity index (χ4v) is 4.00. The van der Waals surface area contributed by atoms with Gasteiger partial charge in [-0.05, 0) is 25.2 Å². The first-order valence-corrected chi connectivity index (χ1v) is 10.2. The Kier molecular flexibility index (Phi) is 5.87. The van der Waals surface area contributed by atoms with E-state index >= 15 is 0 Å². The molecule has 4 rings (SSSR count). The topological polar surface area (TPSA) is 62.5 Å². The first kappa shape index (κ1) is 21.2. The Balaban J connectivity index is 1.46. The minimum atomic E-state index is -4.51. The van der Waals surface area contributed by atoms with E-state index in [0.717, 1.165) is 43.9 Å². The summed E-state index contributed by atoms with van der Waals surface area (Å²) in [5, 5.41) is 8.96. The molecule has 0 N–H and O–H groups in total. The molecule has 1 aromatic carbocycles. The number of rotatable bonds is 3. The minimum absolute atomic E-state index is 0.00660. The summed E-state index contributed by atoms with van der Waals surface area (Å²) in [6.07, 6.45) is -2.96. The molecule has 2 saturated heterocycles. The van der Waals surface area contributed by atoms with Crippen molar-refractivity contribution in [2.45, 2.75) is 6.18 Å². The molecule has 31 heavy (non-hydrogen) atoms. The van der Waals surface area contributed by atoms with Gasteiger partial charge in [-0.3, -0.25) is 0 Å². The zero-order valence-corrected chi connectivity index (χ0v) is 17.3. The predicted octanol–water partition coefficient (Wildman–Crippen LogP) is 2.45. The van der Waals surface area contributed by atoms with Crippen LogP contribution in [0.3, 0.4) is 0 Å². The number of likely N-dealkylation sites (N-methyl/N-ethyl adjacent to an activating group) is 1. The van der Waals surface area contributed by atoms with Crippen LogP contribution in [0.25, 0.3) is 0 Å². The summed E-state index contributed by atoms with van der Waals surface area (Å²) in [5.74, 6) is 1.67. The highest BCUT2D eigenvalue weighted by atomic mass is 19.4. The molecule has 0 saturated carbocycles. The van der Waals surface area contributed by atoms with Crippen molar-refractivity contribution >= 4 is 17.3 Å². The van der Waals surface area contributed by atoms with Crippen molar-refractivity contribution in [1.82, 2.24) is 14.9 Å². The molecule has 2 aliphatic heterocycles. The number of benzene rings is 1. The third-order valence-corrected chi connectivity index (χ3v) is 5.84. The minimum Gasteiger partial charge on any atom is -0.367 e. The maximum absolute atomic E-state index is 13.5. The molecule has 0 spiro atoms. The second kappa shape index (κ2) is 8.59. The standard InChI is InChI=1S/C21H24F3N7/c1-28-4-6-30(7-5-28)19-13-20(27-15-26-19)31-10-8-29(9-11-31)18-3-2-16(14-25)12-17(18)21(22,23)24/h2-3,12-13,15H,4-11H2,1H3. The van der Waals surface area contributed by atoms with E-state index in [1.807, 2.05) is 6.07 Å². The SMILES string of the molecule is CN1CCN(c2cc(N3CCN(c4ccc(C#N)cc4C(F)(F)F)CC3)ncn2)CC1. The third-order valence-electron chi connectivity index (χ3n) is 5.84. The third kappa shape index (κ3) is 4.66. The normalized spacial score (nSPS) is 18.2. The lowest BCUT2D eigenvalue weighted by Gasteiger charge is -2.38. The molecule has 10 heteroatoms. The van der Waals surface area contributed by atoms with Crippen LogP contribution < -0.4 is 14.7 Å². The summed E-state index contributed by atoms with van der Waals surface area (Å²) in [5.41, 5.74) is -0.640. The second-order valence-electron chi connectivity index (χ2n) is 7.84. The lowest BCUT2D eigenvalue weighted by Crippen LogP contribution is -2.47. The number of hydrogen-bond donors (Lipinski definition) is 0. The van der Waals surface area contributed by atoms with Crippen molar-refractivity contribution < 1.29 is 13.2 Å². The van der Waals surface area contributed by atoms with Crippen LogP contribution in [0.5, 0.6) is 0 Å². The monoisotopic (exact) mass is 431 g/mol. The molecule has 3 heterocycles. The van der Waals surface area contributed by atoms with E-state index < -0.39 is 11.7 Å². The highest BCUT2D eigenvalue weighted by Gasteiger charge is 2.36. The van der Waals surface area contributed by atoms with Crippen molar-refractivity contribution in [2.24, 2.45) is 0 Å². The Hall–Kier alpha value is -3.06. The van der Waals surface area contributed by atoms with E-state index in [1.54, 1.807) is 17.3 Å². The van der Waals surface area contributed by atoms with Crippen LogP contribution >= 0.6 is 0 Å². The summed E-state index contributed by atoms with van der Waals surface area (Å²) < 4.78 is 40.6. The lowest BCUT2D eigenvalue weighted by molar-refractivity contribution is -0.137. The molecule has 7 nitrogen and oxygen atoms in total. The van der Waals surface area contributed by atoms with Gasteiger partial charge in [0.25, 0.3) is 0 Å². The number of aromatic nitrogens is 2. The van der Waals surface area contributed by atoms with Crippen molar-refractivity contribution in [3.8, 4) is 6.07 Å². The molecular weight excluding hydrogens is 407 g/mol. The number of anilines is 3. The molecule has 0 atom stereocenters. The van der Waals surface area contributed by atoms with Gasteiger partial charge in [0.2, 0.25) is 0 Å². The molecular formula is C21H24F3N7. The van der Waals surface area contributed by atoms with Gasteiger partial charge in [0, 0.05) is 64.1 Å². The molecule has 0 unspecified atom stereocenters. The van der Waals surface area contributed by atoms with Gasteiger partial charge in [-0.2, -0.15) is 18.4 Å². The number of hydrogen-bond acceptors (Lipinski definition) is 7. The van der Waals surface area contributed by atoms with Crippen LogP contribution in [0.4, 0.5) is 30.5 Å². The molecule has 0 amide bonds. The molecule has 1 aromatic heterocycles. The van der Waals surface area contributed by atoms with Crippen molar-refractivity contribution in [3.05, 3.63) is 41.7 Å². The van der Waals surface area contributed by atoms with E-state index in [9.17, 15) is 13.2 Å². The van der Waals surface area contributed by atoms with Crippen molar-refractivity contribution in [1.29, 1.82) is 5.26 Å². The Morgan fingerprint density at radius 2 is 1.39 bits per heavy atom. The largest absolute Gasteiger partial charge is 0.418 e. The maximum Gasteiger partial charge on any atom is 0.418 e. The number of nitrogens with zero attached hydrogens (tertiary/aromatic N) is 7. The zero-order chi connectivity index (χ0) is 22.0. The molecule has 2 aliphatic rings. The van der Waals surface area contributed by atoms with Crippen molar-refractivity contribution in [2.75, 3.05) is 74.1 Å². The van der Waals surface area contributed by atoms with Gasteiger partial charge in [-0.1, -0.05) is 0 Å². The lowest BCUT2D eigenvalue weighted by atomic mass is 10.1. The van der Waals surface area contributed by atoms with Gasteiger partial charge in [0.1, 0.15) is 18.0 Å². The second-order valence-corrected chi connectivity index (χ2v) is 7.84. The summed E-state index contributed by atoms with van der Waals surface area (Å²) in [7, 11) is 2.10. The van der Waals surface area contributed by atoms with Crippen LogP contribution in [0.2, 0.25) is 0 Å². The summed E-state index contributed by atoms with van der Waals surface area (Å²) in [6.45, 7) is 5.73. The smallest absolute Gasteiger partial charge is 0.367 e. The highest BCUT2D eigenvalue weighted by Crippen LogP contribution is 2.37. The molecule has 2 aromatic rings. The van der Waals surface area contributed by atoms with Crippen LogP contribution in [0.1, 0.15) is 11.1 Å². The first-order chi connectivity index (χ1) is 14.8. The predicted molar refractivity (Wildman–Crippen MR) is 112 cm³/mol. The molecule has 0 bridgehead atoms. The highest BCUT2D eigenvalue weighted by molar-refractivity contribution is 5.59. The van der Waals surface area contributed by atoms with Crippen LogP contribution in [0, 0.1) is 11.3 Å². The van der Waals surface area contributed by atoms with Gasteiger partial charge in [-0.15, -0.1) is 0 Å². The zero-order valence-electron chi connectivity index (χ0n) is 17.3. The van der Waals surface area contributed by atoms with Gasteiger partial charge in [0.15, 0.2) is 0 Å². The van der Waals surface area contributed by atoms with E-state index in [2.05, 4.69) is 31.7 Å². The fraction of sp³-hybridized carbons (Fsp3) is 0.476. The average Bonchev–Trinajstić information content (AvgIpc) is 2.79. The fourth-order valence-electron chi connectivity index (χ4n) is 4.00. The van der Waals surface area contributed by atoms with Crippen LogP contribution in [0.15, 0.2) is 30.6 Å². The van der Waals surface area contributed by atoms with Crippen molar-refractivity contribution in [3.63, 3.8) is 0 Å². The molecule has 164 valence electrons. The average molecular weight is 431 g/mol. The number of nitriles is 1. The van der Waals surface area contributed by atoms with Crippen LogP contribution in [-0.2, 0) is 6.18 Å². The Morgan fingerprint density at radius 3 is 1.94 bits per heavy atom. The first-order valence-electron chi connectivity index (χ1n) is 10.2. The Bertz CT molecular complexity index is 956. The van der Waals surface area contributed by atoms with E-state index in [4.69, 9.17) is 5.26 Å². The Morgan fingerprint density at radius 1 is 0.839 bits per heavy atom. The van der Waals surface area contributed by atoms with E-state index in [1.165, 1.54) is 12.1 Å². The Labute approximate surface area is 179 Å². The number of halogens is 3. The molecule has 0 radical (unpaired) electrons. The maximum atomic E-state index is 13.5. The van der Waals surface area contributed by atoms with Gasteiger partial charge >= 0.3 is 6.18 Å². The summed E-state index contributed by atoms with van der Waals surface area (Å²) in [6, 6.07) is 7.50. The molecule has 2 fully saturated rings. The van der Waals surface area contributed by atoms with Gasteiger partial charge < -0.3 is 19.6 Å². The summed E-state index contributed by atoms with van der Waals surface area (Å²) >= 11 is 0. The summed E-state index contributed by atoms with van der Waals surface area (Å²) in [4.78, 5) is 17.1. The van der Waals surface area contributed by atoms with Gasteiger partial charge in [0.05, 0.1) is 17.2 Å².